The summed E-state index contributed by atoms with van der Waals surface area (Å²) in [6, 6.07) is 6.07. The first-order chi connectivity index (χ1) is 9.22. The number of aryl methyl sites for hydroxylation is 1. The van der Waals surface area contributed by atoms with Crippen LogP contribution in [0.3, 0.4) is 0 Å². The van der Waals surface area contributed by atoms with Crippen molar-refractivity contribution >= 4 is 0 Å². The van der Waals surface area contributed by atoms with Gasteiger partial charge in [0.15, 0.2) is 0 Å². The fraction of sp³-hybridized carbons (Fsp3) is 0.647. The first-order valence-electron chi connectivity index (χ1n) is 7.71. The van der Waals surface area contributed by atoms with E-state index in [1.165, 1.54) is 32.1 Å². The van der Waals surface area contributed by atoms with Crippen molar-refractivity contribution in [2.45, 2.75) is 58.4 Å². The summed E-state index contributed by atoms with van der Waals surface area (Å²) in [7, 11) is 0. The van der Waals surface area contributed by atoms with E-state index in [4.69, 9.17) is 0 Å². The fourth-order valence-corrected chi connectivity index (χ4v) is 3.13. The molecule has 1 saturated carbocycles. The van der Waals surface area contributed by atoms with Gasteiger partial charge in [-0.3, -0.25) is 0 Å². The van der Waals surface area contributed by atoms with Crippen LogP contribution in [0.2, 0.25) is 0 Å². The molecule has 1 fully saturated rings. The maximum atomic E-state index is 13.8. The van der Waals surface area contributed by atoms with Crippen LogP contribution in [-0.4, -0.2) is 6.54 Å². The third-order valence-corrected chi connectivity index (χ3v) is 4.29. The SMILES string of the molecule is CCCNC(c1ccc(C)c(F)c1)C1CCCCC1. The van der Waals surface area contributed by atoms with Crippen LogP contribution in [0.25, 0.3) is 0 Å². The van der Waals surface area contributed by atoms with Crippen molar-refractivity contribution in [3.05, 3.63) is 35.1 Å². The first-order valence-corrected chi connectivity index (χ1v) is 7.71. The van der Waals surface area contributed by atoms with Crippen molar-refractivity contribution in [2.24, 2.45) is 5.92 Å². The van der Waals surface area contributed by atoms with Crippen molar-refractivity contribution in [3.63, 3.8) is 0 Å². The third kappa shape index (κ3) is 3.79. The molecule has 1 atom stereocenters. The second-order valence-electron chi connectivity index (χ2n) is 5.84. The Morgan fingerprint density at radius 1 is 1.26 bits per heavy atom. The second-order valence-corrected chi connectivity index (χ2v) is 5.84. The number of halogens is 1. The van der Waals surface area contributed by atoms with Crippen molar-refractivity contribution in [1.82, 2.24) is 5.32 Å². The molecule has 2 heteroatoms. The molecule has 1 nitrogen and oxygen atoms in total. The highest BCUT2D eigenvalue weighted by Crippen LogP contribution is 2.34. The lowest BCUT2D eigenvalue weighted by Crippen LogP contribution is -2.30. The van der Waals surface area contributed by atoms with Gasteiger partial charge >= 0.3 is 0 Å². The molecule has 0 bridgehead atoms. The van der Waals surface area contributed by atoms with E-state index >= 15 is 0 Å². The zero-order valence-corrected chi connectivity index (χ0v) is 12.2. The molecule has 0 saturated heterocycles. The summed E-state index contributed by atoms with van der Waals surface area (Å²) in [6.07, 6.45) is 7.68. The molecule has 19 heavy (non-hydrogen) atoms. The van der Waals surface area contributed by atoms with Gasteiger partial charge in [-0.05, 0) is 55.8 Å². The van der Waals surface area contributed by atoms with E-state index in [0.29, 0.717) is 12.0 Å². The molecule has 1 aliphatic rings. The second kappa shape index (κ2) is 7.04. The Morgan fingerprint density at radius 2 is 2.00 bits per heavy atom. The molecule has 1 aromatic rings. The number of hydrogen-bond acceptors (Lipinski definition) is 1. The van der Waals surface area contributed by atoms with Crippen LogP contribution < -0.4 is 5.32 Å². The van der Waals surface area contributed by atoms with Gasteiger partial charge in [-0.2, -0.15) is 0 Å². The summed E-state index contributed by atoms with van der Waals surface area (Å²) >= 11 is 0. The van der Waals surface area contributed by atoms with Gasteiger partial charge in [-0.25, -0.2) is 4.39 Å². The third-order valence-electron chi connectivity index (χ3n) is 4.29. The Kier molecular flexibility index (Phi) is 5.38. The zero-order chi connectivity index (χ0) is 13.7. The number of hydrogen-bond donors (Lipinski definition) is 1. The van der Waals surface area contributed by atoms with Crippen molar-refractivity contribution in [3.8, 4) is 0 Å². The van der Waals surface area contributed by atoms with Crippen LogP contribution in [-0.2, 0) is 0 Å². The topological polar surface area (TPSA) is 12.0 Å². The van der Waals surface area contributed by atoms with Crippen LogP contribution in [0.5, 0.6) is 0 Å². The summed E-state index contributed by atoms with van der Waals surface area (Å²) in [5.74, 6) is 0.596. The largest absolute Gasteiger partial charge is 0.310 e. The quantitative estimate of drug-likeness (QED) is 0.808. The summed E-state index contributed by atoms with van der Waals surface area (Å²) in [5, 5.41) is 3.64. The zero-order valence-electron chi connectivity index (χ0n) is 12.2. The molecule has 0 spiro atoms. The molecule has 0 amide bonds. The van der Waals surface area contributed by atoms with Crippen LogP contribution in [0, 0.1) is 18.7 Å². The lowest BCUT2D eigenvalue weighted by atomic mass is 9.81. The minimum atomic E-state index is -0.0726. The minimum absolute atomic E-state index is 0.0726. The Hall–Kier alpha value is -0.890. The maximum absolute atomic E-state index is 13.8. The normalized spacial score (nSPS) is 18.5. The van der Waals surface area contributed by atoms with E-state index in [1.807, 2.05) is 13.0 Å². The van der Waals surface area contributed by atoms with E-state index in [2.05, 4.69) is 18.3 Å². The molecule has 106 valence electrons. The summed E-state index contributed by atoms with van der Waals surface area (Å²) in [6.45, 7) is 5.02. The van der Waals surface area contributed by atoms with E-state index in [-0.39, 0.29) is 5.82 Å². The van der Waals surface area contributed by atoms with Gasteiger partial charge < -0.3 is 5.32 Å². The Bertz CT molecular complexity index is 396. The number of rotatable bonds is 5. The summed E-state index contributed by atoms with van der Waals surface area (Å²) < 4.78 is 13.8. The molecular weight excluding hydrogens is 237 g/mol. The maximum Gasteiger partial charge on any atom is 0.126 e. The first kappa shape index (κ1) is 14.5. The Labute approximate surface area is 116 Å². The van der Waals surface area contributed by atoms with Gasteiger partial charge in [0.05, 0.1) is 0 Å². The summed E-state index contributed by atoms with van der Waals surface area (Å²) in [4.78, 5) is 0. The smallest absolute Gasteiger partial charge is 0.126 e. The lowest BCUT2D eigenvalue weighted by molar-refractivity contribution is 0.271. The van der Waals surface area contributed by atoms with E-state index < -0.39 is 0 Å². The monoisotopic (exact) mass is 263 g/mol. The molecule has 1 N–H and O–H groups in total. The van der Waals surface area contributed by atoms with Gasteiger partial charge in [0.25, 0.3) is 0 Å². The highest BCUT2D eigenvalue weighted by atomic mass is 19.1. The minimum Gasteiger partial charge on any atom is -0.310 e. The molecular formula is C17H26FN. The molecule has 0 radical (unpaired) electrons. The van der Waals surface area contributed by atoms with Gasteiger partial charge in [0.1, 0.15) is 5.82 Å². The Morgan fingerprint density at radius 3 is 2.63 bits per heavy atom. The number of benzene rings is 1. The molecule has 1 unspecified atom stereocenters. The fourth-order valence-electron chi connectivity index (χ4n) is 3.13. The van der Waals surface area contributed by atoms with Gasteiger partial charge in [-0.1, -0.05) is 38.3 Å². The standard InChI is InChI=1S/C17H26FN/c1-3-11-19-17(14-7-5-4-6-8-14)15-10-9-13(2)16(18)12-15/h9-10,12,14,17,19H,3-8,11H2,1-2H3. The van der Waals surface area contributed by atoms with E-state index in [1.54, 1.807) is 6.07 Å². The van der Waals surface area contributed by atoms with Crippen molar-refractivity contribution < 1.29 is 4.39 Å². The number of nitrogens with one attached hydrogen (secondary N) is 1. The van der Waals surface area contributed by atoms with Gasteiger partial charge in [-0.15, -0.1) is 0 Å². The van der Waals surface area contributed by atoms with Crippen molar-refractivity contribution in [1.29, 1.82) is 0 Å². The molecule has 1 aliphatic carbocycles. The molecule has 0 heterocycles. The highest BCUT2D eigenvalue weighted by molar-refractivity contribution is 5.26. The predicted molar refractivity (Wildman–Crippen MR) is 78.7 cm³/mol. The molecule has 0 aliphatic heterocycles. The van der Waals surface area contributed by atoms with Crippen LogP contribution in [0.1, 0.15) is 62.6 Å². The van der Waals surface area contributed by atoms with E-state index in [9.17, 15) is 4.39 Å². The molecule has 2 rings (SSSR count). The van der Waals surface area contributed by atoms with Gasteiger partial charge in [0.2, 0.25) is 0 Å². The average molecular weight is 263 g/mol. The van der Waals surface area contributed by atoms with Crippen molar-refractivity contribution in [2.75, 3.05) is 6.54 Å². The van der Waals surface area contributed by atoms with Crippen LogP contribution in [0.4, 0.5) is 4.39 Å². The van der Waals surface area contributed by atoms with Gasteiger partial charge in [0, 0.05) is 6.04 Å². The predicted octanol–water partition coefficient (Wildman–Crippen LogP) is 4.76. The molecule has 1 aromatic carbocycles. The van der Waals surface area contributed by atoms with E-state index in [0.717, 1.165) is 24.1 Å². The lowest BCUT2D eigenvalue weighted by Gasteiger charge is -2.31. The van der Waals surface area contributed by atoms with Crippen LogP contribution >= 0.6 is 0 Å². The summed E-state index contributed by atoms with van der Waals surface area (Å²) in [5.41, 5.74) is 1.87. The Balaban J connectivity index is 2.17. The molecule has 0 aromatic heterocycles. The van der Waals surface area contributed by atoms with Crippen LogP contribution in [0.15, 0.2) is 18.2 Å². The average Bonchev–Trinajstić information content (AvgIpc) is 2.44. The highest BCUT2D eigenvalue weighted by Gasteiger charge is 2.24.